The molecule has 1 aromatic carbocycles. The van der Waals surface area contributed by atoms with Crippen molar-refractivity contribution in [3.05, 3.63) is 35.9 Å². The van der Waals surface area contributed by atoms with Crippen LogP contribution in [0.2, 0.25) is 0 Å². The van der Waals surface area contributed by atoms with Crippen LogP contribution in [0, 0.1) is 0 Å². The molecule has 6 heteroatoms. The molecule has 0 fully saturated rings. The summed E-state index contributed by atoms with van der Waals surface area (Å²) in [6, 6.07) is 8.90. The molecule has 0 heterocycles. The van der Waals surface area contributed by atoms with Gasteiger partial charge < -0.3 is 15.7 Å². The van der Waals surface area contributed by atoms with Gasteiger partial charge in [-0.05, 0) is 24.0 Å². The van der Waals surface area contributed by atoms with Crippen molar-refractivity contribution in [3.8, 4) is 0 Å². The third-order valence-corrected chi connectivity index (χ3v) is 3.35. The van der Waals surface area contributed by atoms with Gasteiger partial charge in [-0.2, -0.15) is 11.8 Å². The SMILES string of the molecule is CSCC[C@H](NC(=O)CNCc1ccccc1)C(=O)O. The number of hydrogen-bond donors (Lipinski definition) is 3. The highest BCUT2D eigenvalue weighted by atomic mass is 32.2. The van der Waals surface area contributed by atoms with E-state index in [0.717, 1.165) is 5.56 Å². The van der Waals surface area contributed by atoms with Gasteiger partial charge in [0, 0.05) is 6.54 Å². The molecular weight excluding hydrogens is 276 g/mol. The summed E-state index contributed by atoms with van der Waals surface area (Å²) >= 11 is 1.56. The van der Waals surface area contributed by atoms with E-state index in [-0.39, 0.29) is 12.5 Å². The molecule has 1 amide bonds. The Balaban J connectivity index is 2.29. The van der Waals surface area contributed by atoms with Crippen molar-refractivity contribution in [2.45, 2.75) is 19.0 Å². The second kappa shape index (κ2) is 9.39. The van der Waals surface area contributed by atoms with E-state index in [1.54, 1.807) is 11.8 Å². The molecule has 5 nitrogen and oxygen atoms in total. The maximum absolute atomic E-state index is 11.7. The van der Waals surface area contributed by atoms with E-state index in [2.05, 4.69) is 10.6 Å². The molecule has 3 N–H and O–H groups in total. The topological polar surface area (TPSA) is 78.4 Å². The monoisotopic (exact) mass is 296 g/mol. The summed E-state index contributed by atoms with van der Waals surface area (Å²) in [7, 11) is 0. The number of thioether (sulfide) groups is 1. The van der Waals surface area contributed by atoms with Crippen LogP contribution in [0.15, 0.2) is 30.3 Å². The number of carboxylic acids is 1. The van der Waals surface area contributed by atoms with Gasteiger partial charge in [0.1, 0.15) is 6.04 Å². The van der Waals surface area contributed by atoms with E-state index < -0.39 is 12.0 Å². The third-order valence-electron chi connectivity index (χ3n) is 2.70. The summed E-state index contributed by atoms with van der Waals surface area (Å²) < 4.78 is 0. The van der Waals surface area contributed by atoms with Gasteiger partial charge in [-0.3, -0.25) is 4.79 Å². The quantitative estimate of drug-likeness (QED) is 0.636. The molecule has 0 aliphatic carbocycles. The second-order valence-electron chi connectivity index (χ2n) is 4.33. The van der Waals surface area contributed by atoms with Gasteiger partial charge in [0.15, 0.2) is 0 Å². The summed E-state index contributed by atoms with van der Waals surface area (Å²) in [5, 5.41) is 14.5. The van der Waals surface area contributed by atoms with Crippen LogP contribution in [0.25, 0.3) is 0 Å². The Morgan fingerprint density at radius 1 is 1.30 bits per heavy atom. The highest BCUT2D eigenvalue weighted by Crippen LogP contribution is 2.01. The van der Waals surface area contributed by atoms with Crippen LogP contribution in [0.4, 0.5) is 0 Å². The fourth-order valence-electron chi connectivity index (χ4n) is 1.65. The summed E-state index contributed by atoms with van der Waals surface area (Å²) in [6.07, 6.45) is 2.34. The van der Waals surface area contributed by atoms with Crippen molar-refractivity contribution in [2.75, 3.05) is 18.6 Å². The van der Waals surface area contributed by atoms with Crippen molar-refractivity contribution >= 4 is 23.6 Å². The standard InChI is InChI=1S/C14H20N2O3S/c1-20-8-7-12(14(18)19)16-13(17)10-15-9-11-5-3-2-4-6-11/h2-6,12,15H,7-10H2,1H3,(H,16,17)(H,18,19)/t12-/m0/s1. The average Bonchev–Trinajstić information content (AvgIpc) is 2.44. The molecule has 110 valence electrons. The highest BCUT2D eigenvalue weighted by Gasteiger charge is 2.18. The predicted molar refractivity (Wildman–Crippen MR) is 80.7 cm³/mol. The van der Waals surface area contributed by atoms with Gasteiger partial charge in [0.2, 0.25) is 5.91 Å². The lowest BCUT2D eigenvalue weighted by atomic mass is 10.2. The van der Waals surface area contributed by atoms with Gasteiger partial charge in [-0.1, -0.05) is 30.3 Å². The number of benzene rings is 1. The number of carbonyl (C=O) groups excluding carboxylic acids is 1. The Kier molecular flexibility index (Phi) is 7.75. The molecule has 0 spiro atoms. The van der Waals surface area contributed by atoms with Crippen molar-refractivity contribution in [1.82, 2.24) is 10.6 Å². The highest BCUT2D eigenvalue weighted by molar-refractivity contribution is 7.98. The molecule has 1 rings (SSSR count). The van der Waals surface area contributed by atoms with Crippen LogP contribution in [0.1, 0.15) is 12.0 Å². The van der Waals surface area contributed by atoms with Crippen LogP contribution >= 0.6 is 11.8 Å². The zero-order chi connectivity index (χ0) is 14.8. The lowest BCUT2D eigenvalue weighted by Gasteiger charge is -2.14. The smallest absolute Gasteiger partial charge is 0.326 e. The number of carboxylic acid groups (broad SMARTS) is 1. The van der Waals surface area contributed by atoms with Crippen LogP contribution in [0.5, 0.6) is 0 Å². The van der Waals surface area contributed by atoms with Crippen LogP contribution in [0.3, 0.4) is 0 Å². The number of amides is 1. The largest absolute Gasteiger partial charge is 0.480 e. The Morgan fingerprint density at radius 3 is 2.60 bits per heavy atom. The minimum atomic E-state index is -0.990. The number of nitrogens with one attached hydrogen (secondary N) is 2. The molecule has 0 aliphatic rings. The van der Waals surface area contributed by atoms with Crippen molar-refractivity contribution in [2.24, 2.45) is 0 Å². The molecule has 1 atom stereocenters. The molecule has 0 aromatic heterocycles. The van der Waals surface area contributed by atoms with Crippen molar-refractivity contribution in [1.29, 1.82) is 0 Å². The Hall–Kier alpha value is -1.53. The lowest BCUT2D eigenvalue weighted by Crippen LogP contribution is -2.44. The zero-order valence-corrected chi connectivity index (χ0v) is 12.3. The molecule has 20 heavy (non-hydrogen) atoms. The fraction of sp³-hybridized carbons (Fsp3) is 0.429. The predicted octanol–water partition coefficient (Wildman–Crippen LogP) is 1.10. The van der Waals surface area contributed by atoms with Crippen molar-refractivity contribution in [3.63, 3.8) is 0 Å². The van der Waals surface area contributed by atoms with Gasteiger partial charge in [-0.25, -0.2) is 4.79 Å². The van der Waals surface area contributed by atoms with E-state index in [1.165, 1.54) is 0 Å². The van der Waals surface area contributed by atoms with E-state index in [9.17, 15) is 9.59 Å². The van der Waals surface area contributed by atoms with Crippen LogP contribution in [-0.4, -0.2) is 41.6 Å². The number of rotatable bonds is 9. The molecule has 0 bridgehead atoms. The van der Waals surface area contributed by atoms with Crippen molar-refractivity contribution < 1.29 is 14.7 Å². The third kappa shape index (κ3) is 6.58. The normalized spacial score (nSPS) is 11.8. The fourth-order valence-corrected chi connectivity index (χ4v) is 2.13. The minimum absolute atomic E-state index is 0.109. The van der Waals surface area contributed by atoms with E-state index in [4.69, 9.17) is 5.11 Å². The Labute approximate surface area is 123 Å². The number of hydrogen-bond acceptors (Lipinski definition) is 4. The summed E-state index contributed by atoms with van der Waals surface area (Å²) in [5.41, 5.74) is 1.08. The maximum Gasteiger partial charge on any atom is 0.326 e. The van der Waals surface area contributed by atoms with Crippen LogP contribution < -0.4 is 10.6 Å². The first-order valence-electron chi connectivity index (χ1n) is 6.39. The van der Waals surface area contributed by atoms with Gasteiger partial charge in [0.25, 0.3) is 0 Å². The Bertz CT molecular complexity index is 426. The molecule has 0 radical (unpaired) electrons. The van der Waals surface area contributed by atoms with Gasteiger partial charge in [0.05, 0.1) is 6.54 Å². The van der Waals surface area contributed by atoms with E-state index >= 15 is 0 Å². The number of carbonyl (C=O) groups is 2. The first-order valence-corrected chi connectivity index (χ1v) is 7.78. The maximum atomic E-state index is 11.7. The average molecular weight is 296 g/mol. The molecule has 0 aliphatic heterocycles. The molecule has 0 saturated heterocycles. The van der Waals surface area contributed by atoms with Gasteiger partial charge >= 0.3 is 5.97 Å². The molecule has 0 unspecified atom stereocenters. The van der Waals surface area contributed by atoms with Crippen LogP contribution in [-0.2, 0) is 16.1 Å². The van der Waals surface area contributed by atoms with E-state index in [1.807, 2.05) is 36.6 Å². The zero-order valence-electron chi connectivity index (χ0n) is 11.5. The summed E-state index contributed by atoms with van der Waals surface area (Å²) in [5.74, 6) is -0.584. The second-order valence-corrected chi connectivity index (χ2v) is 5.31. The summed E-state index contributed by atoms with van der Waals surface area (Å²) in [4.78, 5) is 22.7. The first-order chi connectivity index (χ1) is 9.63. The van der Waals surface area contributed by atoms with Gasteiger partial charge in [-0.15, -0.1) is 0 Å². The van der Waals surface area contributed by atoms with E-state index in [0.29, 0.717) is 18.7 Å². The first kappa shape index (κ1) is 16.5. The molecule has 0 saturated carbocycles. The summed E-state index contributed by atoms with van der Waals surface area (Å²) in [6.45, 7) is 0.689. The molecule has 1 aromatic rings. The molecular formula is C14H20N2O3S. The lowest BCUT2D eigenvalue weighted by molar-refractivity contribution is -0.141. The Morgan fingerprint density at radius 2 is 2.00 bits per heavy atom. The minimum Gasteiger partial charge on any atom is -0.480 e. The number of aliphatic carboxylic acids is 1.